The quantitative estimate of drug-likeness (QED) is 0.856. The predicted octanol–water partition coefficient (Wildman–Crippen LogP) is 2.24. The van der Waals surface area contributed by atoms with Crippen LogP contribution in [0.25, 0.3) is 0 Å². The standard InChI is InChI=1S/C16H23NO3S/c18-21(19)10-8-17(9-11-21)13-14-4-3-7-16(12-14)20-15-5-1-2-6-15/h3-4,7,12,15H,1-2,5-6,8-11,13H2. The molecular weight excluding hydrogens is 286 g/mol. The van der Waals surface area contributed by atoms with Gasteiger partial charge in [-0.15, -0.1) is 0 Å². The summed E-state index contributed by atoms with van der Waals surface area (Å²) >= 11 is 0. The van der Waals surface area contributed by atoms with Gasteiger partial charge in [-0.2, -0.15) is 0 Å². The number of ether oxygens (including phenoxy) is 1. The summed E-state index contributed by atoms with van der Waals surface area (Å²) in [6.07, 6.45) is 5.24. The van der Waals surface area contributed by atoms with Crippen LogP contribution in [-0.2, 0) is 16.4 Å². The average molecular weight is 309 g/mol. The minimum absolute atomic E-state index is 0.283. The number of benzene rings is 1. The highest BCUT2D eigenvalue weighted by Gasteiger charge is 2.21. The van der Waals surface area contributed by atoms with E-state index in [9.17, 15) is 8.42 Å². The Morgan fingerprint density at radius 2 is 1.86 bits per heavy atom. The Morgan fingerprint density at radius 1 is 1.14 bits per heavy atom. The van der Waals surface area contributed by atoms with Gasteiger partial charge in [0.25, 0.3) is 0 Å². The second-order valence-corrected chi connectivity index (χ2v) is 8.40. The molecule has 2 fully saturated rings. The van der Waals surface area contributed by atoms with Crippen LogP contribution in [0.5, 0.6) is 5.75 Å². The molecule has 0 atom stereocenters. The molecule has 0 amide bonds. The lowest BCUT2D eigenvalue weighted by molar-refractivity contribution is 0.209. The van der Waals surface area contributed by atoms with E-state index < -0.39 is 9.84 Å². The Labute approximate surface area is 127 Å². The van der Waals surface area contributed by atoms with Gasteiger partial charge in [-0.3, -0.25) is 4.90 Å². The van der Waals surface area contributed by atoms with Crippen LogP contribution < -0.4 is 4.74 Å². The molecule has 1 saturated heterocycles. The van der Waals surface area contributed by atoms with E-state index in [4.69, 9.17) is 4.74 Å². The molecule has 1 aliphatic heterocycles. The van der Waals surface area contributed by atoms with Crippen molar-refractivity contribution in [2.75, 3.05) is 24.6 Å². The Hall–Kier alpha value is -1.07. The summed E-state index contributed by atoms with van der Waals surface area (Å²) < 4.78 is 28.9. The molecule has 1 aromatic carbocycles. The van der Waals surface area contributed by atoms with Crippen LogP contribution in [0.2, 0.25) is 0 Å². The largest absolute Gasteiger partial charge is 0.490 e. The lowest BCUT2D eigenvalue weighted by atomic mass is 10.2. The summed E-state index contributed by atoms with van der Waals surface area (Å²) in [5.41, 5.74) is 1.20. The van der Waals surface area contributed by atoms with Gasteiger partial charge in [-0.1, -0.05) is 12.1 Å². The highest BCUT2D eigenvalue weighted by molar-refractivity contribution is 7.91. The molecule has 3 rings (SSSR count). The average Bonchev–Trinajstić information content (AvgIpc) is 2.95. The van der Waals surface area contributed by atoms with E-state index in [0.29, 0.717) is 19.2 Å². The van der Waals surface area contributed by atoms with Gasteiger partial charge in [0.1, 0.15) is 5.75 Å². The van der Waals surface area contributed by atoms with E-state index in [2.05, 4.69) is 17.0 Å². The number of nitrogens with zero attached hydrogens (tertiary/aromatic N) is 1. The molecule has 1 aromatic rings. The minimum Gasteiger partial charge on any atom is -0.490 e. The van der Waals surface area contributed by atoms with Crippen molar-refractivity contribution in [1.82, 2.24) is 4.90 Å². The summed E-state index contributed by atoms with van der Waals surface area (Å²) in [5, 5.41) is 0. The van der Waals surface area contributed by atoms with Gasteiger partial charge in [0.15, 0.2) is 9.84 Å². The van der Waals surface area contributed by atoms with Gasteiger partial charge >= 0.3 is 0 Å². The fourth-order valence-electron chi connectivity index (χ4n) is 3.08. The van der Waals surface area contributed by atoms with Crippen LogP contribution in [0.15, 0.2) is 24.3 Å². The van der Waals surface area contributed by atoms with Crippen LogP contribution in [-0.4, -0.2) is 44.0 Å². The van der Waals surface area contributed by atoms with Gasteiger partial charge in [-0.05, 0) is 43.4 Å². The molecule has 0 aromatic heterocycles. The Balaban J connectivity index is 1.58. The van der Waals surface area contributed by atoms with Crippen molar-refractivity contribution in [2.24, 2.45) is 0 Å². The first-order chi connectivity index (χ1) is 10.1. The molecule has 4 nitrogen and oxygen atoms in total. The lowest BCUT2D eigenvalue weighted by Crippen LogP contribution is -2.39. The molecule has 0 spiro atoms. The van der Waals surface area contributed by atoms with E-state index in [1.165, 1.54) is 18.4 Å². The fourth-order valence-corrected chi connectivity index (χ4v) is 4.36. The fraction of sp³-hybridized carbons (Fsp3) is 0.625. The smallest absolute Gasteiger partial charge is 0.152 e. The summed E-state index contributed by atoms with van der Waals surface area (Å²) in [6.45, 7) is 2.07. The molecule has 2 aliphatic rings. The van der Waals surface area contributed by atoms with E-state index in [-0.39, 0.29) is 11.5 Å². The minimum atomic E-state index is -2.80. The first kappa shape index (κ1) is 14.9. The third-order valence-electron chi connectivity index (χ3n) is 4.35. The highest BCUT2D eigenvalue weighted by atomic mass is 32.2. The van der Waals surface area contributed by atoms with Gasteiger partial charge in [-0.25, -0.2) is 8.42 Å². The van der Waals surface area contributed by atoms with Crippen molar-refractivity contribution >= 4 is 9.84 Å². The second-order valence-electron chi connectivity index (χ2n) is 6.10. The topological polar surface area (TPSA) is 46.6 Å². The van der Waals surface area contributed by atoms with Gasteiger partial charge in [0, 0.05) is 19.6 Å². The highest BCUT2D eigenvalue weighted by Crippen LogP contribution is 2.25. The van der Waals surface area contributed by atoms with E-state index in [1.54, 1.807) is 0 Å². The molecule has 21 heavy (non-hydrogen) atoms. The summed E-state index contributed by atoms with van der Waals surface area (Å²) in [5.74, 6) is 1.51. The summed E-state index contributed by atoms with van der Waals surface area (Å²) in [4.78, 5) is 2.20. The van der Waals surface area contributed by atoms with Crippen molar-refractivity contribution in [3.63, 3.8) is 0 Å². The molecule has 0 N–H and O–H groups in total. The Kier molecular flexibility index (Phi) is 4.50. The van der Waals surface area contributed by atoms with Crippen molar-refractivity contribution in [3.05, 3.63) is 29.8 Å². The van der Waals surface area contributed by atoms with Crippen LogP contribution in [0.3, 0.4) is 0 Å². The Bertz CT molecular complexity index is 565. The zero-order valence-corrected chi connectivity index (χ0v) is 13.1. The van der Waals surface area contributed by atoms with Crippen LogP contribution in [0.1, 0.15) is 31.2 Å². The third kappa shape index (κ3) is 4.20. The summed E-state index contributed by atoms with van der Waals surface area (Å²) in [6, 6.07) is 8.23. The molecule has 0 radical (unpaired) electrons. The SMILES string of the molecule is O=S1(=O)CCN(Cc2cccc(OC3CCCC3)c2)CC1. The van der Waals surface area contributed by atoms with E-state index in [0.717, 1.165) is 25.1 Å². The molecule has 0 unspecified atom stereocenters. The first-order valence-electron chi connectivity index (χ1n) is 7.79. The number of hydrogen-bond acceptors (Lipinski definition) is 4. The van der Waals surface area contributed by atoms with E-state index >= 15 is 0 Å². The van der Waals surface area contributed by atoms with Crippen molar-refractivity contribution < 1.29 is 13.2 Å². The maximum Gasteiger partial charge on any atom is 0.152 e. The van der Waals surface area contributed by atoms with Crippen molar-refractivity contribution in [3.8, 4) is 5.75 Å². The van der Waals surface area contributed by atoms with E-state index in [1.807, 2.05) is 12.1 Å². The monoisotopic (exact) mass is 309 g/mol. The molecule has 1 heterocycles. The Morgan fingerprint density at radius 3 is 2.57 bits per heavy atom. The maximum absolute atomic E-state index is 11.4. The van der Waals surface area contributed by atoms with Gasteiger partial charge in [0.2, 0.25) is 0 Å². The van der Waals surface area contributed by atoms with Gasteiger partial charge in [0.05, 0.1) is 17.6 Å². The predicted molar refractivity (Wildman–Crippen MR) is 83.3 cm³/mol. The molecule has 5 heteroatoms. The second kappa shape index (κ2) is 6.36. The van der Waals surface area contributed by atoms with Crippen LogP contribution >= 0.6 is 0 Å². The number of sulfone groups is 1. The maximum atomic E-state index is 11.4. The molecule has 0 bridgehead atoms. The molecule has 1 saturated carbocycles. The third-order valence-corrected chi connectivity index (χ3v) is 5.96. The number of rotatable bonds is 4. The molecule has 1 aliphatic carbocycles. The zero-order chi connectivity index (χ0) is 14.7. The van der Waals surface area contributed by atoms with Crippen LogP contribution in [0, 0.1) is 0 Å². The number of hydrogen-bond donors (Lipinski definition) is 0. The van der Waals surface area contributed by atoms with Gasteiger partial charge < -0.3 is 4.74 Å². The first-order valence-corrected chi connectivity index (χ1v) is 9.61. The van der Waals surface area contributed by atoms with Crippen LogP contribution in [0.4, 0.5) is 0 Å². The molecule has 116 valence electrons. The van der Waals surface area contributed by atoms with Crippen molar-refractivity contribution in [2.45, 2.75) is 38.3 Å². The zero-order valence-electron chi connectivity index (χ0n) is 12.3. The summed E-state index contributed by atoms with van der Waals surface area (Å²) in [7, 11) is -2.80. The lowest BCUT2D eigenvalue weighted by Gasteiger charge is -2.26. The van der Waals surface area contributed by atoms with Crippen molar-refractivity contribution in [1.29, 1.82) is 0 Å². The molecular formula is C16H23NO3S. The normalized spacial score (nSPS) is 23.2.